The van der Waals surface area contributed by atoms with Gasteiger partial charge in [0, 0.05) is 38.1 Å². The number of nitrogens with one attached hydrogen (secondary N) is 1. The number of carbonyl (C=O) groups is 1. The van der Waals surface area contributed by atoms with Crippen molar-refractivity contribution < 1.29 is 22.4 Å². The molecular weight excluding hydrogens is 388 g/mol. The molecule has 1 atom stereocenters. The molecule has 0 radical (unpaired) electrons. The lowest BCUT2D eigenvalue weighted by atomic mass is 10.1. The van der Waals surface area contributed by atoms with Gasteiger partial charge >= 0.3 is 6.18 Å². The summed E-state index contributed by atoms with van der Waals surface area (Å²) in [7, 11) is 0. The molecule has 29 heavy (non-hydrogen) atoms. The lowest BCUT2D eigenvalue weighted by Crippen LogP contribution is -2.53. The number of aryl methyl sites for hydroxylation is 1. The first-order valence-electron chi connectivity index (χ1n) is 9.24. The molecule has 0 aliphatic carbocycles. The Balaban J connectivity index is 1.57. The topological polar surface area (TPSA) is 48.5 Å². The standard InChI is InChI=1S/C20H22F4N4O/c1-13-3-5-16(21)11-17(13)26-19(29)14(2)27-7-9-28(10-8-27)18-6-4-15(12-25-18)20(22,23)24/h3-6,11-12,14H,7-10H2,1-2H3,(H,26,29). The third kappa shape index (κ3) is 5.03. The summed E-state index contributed by atoms with van der Waals surface area (Å²) in [6.07, 6.45) is -3.58. The summed E-state index contributed by atoms with van der Waals surface area (Å²) < 4.78 is 51.4. The Bertz CT molecular complexity index is 862. The molecule has 1 fully saturated rings. The molecule has 1 saturated heterocycles. The first-order valence-corrected chi connectivity index (χ1v) is 9.24. The minimum Gasteiger partial charge on any atom is -0.354 e. The second-order valence-electron chi connectivity index (χ2n) is 7.05. The molecule has 0 saturated carbocycles. The van der Waals surface area contributed by atoms with E-state index in [9.17, 15) is 22.4 Å². The molecule has 1 aromatic heterocycles. The zero-order valence-electron chi connectivity index (χ0n) is 16.1. The van der Waals surface area contributed by atoms with Crippen molar-refractivity contribution in [3.8, 4) is 0 Å². The van der Waals surface area contributed by atoms with Gasteiger partial charge in [-0.15, -0.1) is 0 Å². The second kappa shape index (κ2) is 8.36. The number of rotatable bonds is 4. The summed E-state index contributed by atoms with van der Waals surface area (Å²) in [6, 6.07) is 6.18. The Hall–Kier alpha value is -2.68. The highest BCUT2D eigenvalue weighted by molar-refractivity contribution is 5.95. The predicted molar refractivity (Wildman–Crippen MR) is 102 cm³/mol. The minimum absolute atomic E-state index is 0.236. The van der Waals surface area contributed by atoms with Crippen LogP contribution in [0.4, 0.5) is 29.1 Å². The van der Waals surface area contributed by atoms with E-state index < -0.39 is 23.6 Å². The van der Waals surface area contributed by atoms with Crippen LogP contribution in [0.25, 0.3) is 0 Å². The third-order valence-corrected chi connectivity index (χ3v) is 5.10. The Morgan fingerprint density at radius 3 is 2.41 bits per heavy atom. The SMILES string of the molecule is Cc1ccc(F)cc1NC(=O)C(C)N1CCN(c2ccc(C(F)(F)F)cn2)CC1. The van der Waals surface area contributed by atoms with E-state index in [0.29, 0.717) is 37.7 Å². The number of hydrogen-bond donors (Lipinski definition) is 1. The van der Waals surface area contributed by atoms with Crippen LogP contribution >= 0.6 is 0 Å². The molecule has 1 aliphatic rings. The van der Waals surface area contributed by atoms with Crippen molar-refractivity contribution in [1.29, 1.82) is 0 Å². The van der Waals surface area contributed by atoms with Gasteiger partial charge in [-0.1, -0.05) is 6.07 Å². The first kappa shape index (κ1) is 21.0. The number of halogens is 4. The second-order valence-corrected chi connectivity index (χ2v) is 7.05. The number of piperazine rings is 1. The number of anilines is 2. The van der Waals surface area contributed by atoms with Gasteiger partial charge in [-0.05, 0) is 43.7 Å². The lowest BCUT2D eigenvalue weighted by Gasteiger charge is -2.38. The normalized spacial score (nSPS) is 16.6. The highest BCUT2D eigenvalue weighted by atomic mass is 19.4. The first-order chi connectivity index (χ1) is 13.6. The Morgan fingerprint density at radius 1 is 1.14 bits per heavy atom. The molecule has 0 spiro atoms. The van der Waals surface area contributed by atoms with E-state index in [1.165, 1.54) is 18.2 Å². The molecule has 3 rings (SSSR count). The van der Waals surface area contributed by atoms with Gasteiger partial charge in [0.25, 0.3) is 0 Å². The van der Waals surface area contributed by atoms with Crippen LogP contribution in [0.1, 0.15) is 18.1 Å². The number of hydrogen-bond acceptors (Lipinski definition) is 4. The number of nitrogens with zero attached hydrogens (tertiary/aromatic N) is 3. The maximum atomic E-state index is 13.4. The van der Waals surface area contributed by atoms with Gasteiger partial charge in [0.05, 0.1) is 11.6 Å². The van der Waals surface area contributed by atoms with E-state index in [4.69, 9.17) is 0 Å². The zero-order valence-corrected chi connectivity index (χ0v) is 16.1. The molecule has 2 heterocycles. The molecule has 1 amide bonds. The largest absolute Gasteiger partial charge is 0.417 e. The zero-order chi connectivity index (χ0) is 21.2. The highest BCUT2D eigenvalue weighted by Gasteiger charge is 2.31. The van der Waals surface area contributed by atoms with Crippen LogP contribution in [-0.2, 0) is 11.0 Å². The van der Waals surface area contributed by atoms with E-state index in [0.717, 1.165) is 17.8 Å². The van der Waals surface area contributed by atoms with Crippen LogP contribution in [0, 0.1) is 12.7 Å². The number of benzene rings is 1. The predicted octanol–water partition coefficient (Wildman–Crippen LogP) is 3.70. The average Bonchev–Trinajstić information content (AvgIpc) is 2.69. The van der Waals surface area contributed by atoms with Gasteiger partial charge in [-0.2, -0.15) is 13.2 Å². The molecule has 5 nitrogen and oxygen atoms in total. The van der Waals surface area contributed by atoms with Gasteiger partial charge in [-0.25, -0.2) is 9.37 Å². The van der Waals surface area contributed by atoms with Crippen LogP contribution in [0.3, 0.4) is 0 Å². The minimum atomic E-state index is -4.41. The fourth-order valence-electron chi connectivity index (χ4n) is 3.21. The van der Waals surface area contributed by atoms with Crippen LogP contribution < -0.4 is 10.2 Å². The summed E-state index contributed by atoms with van der Waals surface area (Å²) in [5.41, 5.74) is 0.428. The molecule has 156 valence electrons. The monoisotopic (exact) mass is 410 g/mol. The fourth-order valence-corrected chi connectivity index (χ4v) is 3.21. The summed E-state index contributed by atoms with van der Waals surface area (Å²) in [4.78, 5) is 20.3. The van der Waals surface area contributed by atoms with Crippen LogP contribution in [0.5, 0.6) is 0 Å². The molecule has 1 unspecified atom stereocenters. The molecule has 2 aromatic rings. The summed E-state index contributed by atoms with van der Waals surface area (Å²) in [6.45, 7) is 5.74. The Morgan fingerprint density at radius 2 is 1.83 bits per heavy atom. The van der Waals surface area contributed by atoms with Gasteiger partial charge in [0.2, 0.25) is 5.91 Å². The van der Waals surface area contributed by atoms with Crippen molar-refractivity contribution in [3.05, 3.63) is 53.5 Å². The molecule has 9 heteroatoms. The van der Waals surface area contributed by atoms with E-state index in [1.54, 1.807) is 19.9 Å². The fraction of sp³-hybridized carbons (Fsp3) is 0.400. The quantitative estimate of drug-likeness (QED) is 0.781. The molecule has 1 aromatic carbocycles. The smallest absolute Gasteiger partial charge is 0.354 e. The van der Waals surface area contributed by atoms with Gasteiger partial charge in [-0.3, -0.25) is 9.69 Å². The van der Waals surface area contributed by atoms with E-state index in [-0.39, 0.29) is 5.91 Å². The van der Waals surface area contributed by atoms with Crippen LogP contribution in [0.2, 0.25) is 0 Å². The van der Waals surface area contributed by atoms with Crippen LogP contribution in [-0.4, -0.2) is 48.0 Å². The summed E-state index contributed by atoms with van der Waals surface area (Å²) in [5.74, 6) is -0.179. The summed E-state index contributed by atoms with van der Waals surface area (Å²) in [5, 5.41) is 2.76. The highest BCUT2D eigenvalue weighted by Crippen LogP contribution is 2.29. The number of carbonyl (C=O) groups excluding carboxylic acids is 1. The number of aromatic nitrogens is 1. The van der Waals surface area contributed by atoms with E-state index in [1.807, 2.05) is 9.80 Å². The number of alkyl halides is 3. The van der Waals surface area contributed by atoms with Gasteiger partial charge < -0.3 is 10.2 Å². The van der Waals surface area contributed by atoms with Crippen molar-refractivity contribution in [3.63, 3.8) is 0 Å². The number of amides is 1. The average molecular weight is 410 g/mol. The maximum Gasteiger partial charge on any atom is 0.417 e. The Kier molecular flexibility index (Phi) is 6.07. The molecule has 1 aliphatic heterocycles. The molecular formula is C20H22F4N4O. The maximum absolute atomic E-state index is 13.4. The van der Waals surface area contributed by atoms with E-state index in [2.05, 4.69) is 10.3 Å². The third-order valence-electron chi connectivity index (χ3n) is 5.10. The molecule has 0 bridgehead atoms. The van der Waals surface area contributed by atoms with Gasteiger partial charge in [0.1, 0.15) is 11.6 Å². The molecule has 1 N–H and O–H groups in total. The number of pyridine rings is 1. The van der Waals surface area contributed by atoms with Crippen molar-refractivity contribution in [2.24, 2.45) is 0 Å². The van der Waals surface area contributed by atoms with E-state index >= 15 is 0 Å². The van der Waals surface area contributed by atoms with Crippen LogP contribution in [0.15, 0.2) is 36.5 Å². The van der Waals surface area contributed by atoms with Crippen molar-refractivity contribution in [1.82, 2.24) is 9.88 Å². The van der Waals surface area contributed by atoms with Crippen molar-refractivity contribution >= 4 is 17.4 Å². The van der Waals surface area contributed by atoms with Crippen molar-refractivity contribution in [2.75, 3.05) is 36.4 Å². The van der Waals surface area contributed by atoms with Crippen molar-refractivity contribution in [2.45, 2.75) is 26.1 Å². The van der Waals surface area contributed by atoms with Gasteiger partial charge in [0.15, 0.2) is 0 Å². The summed E-state index contributed by atoms with van der Waals surface area (Å²) >= 11 is 0. The lowest BCUT2D eigenvalue weighted by molar-refractivity contribution is -0.137. The Labute approximate surface area is 166 Å².